The van der Waals surface area contributed by atoms with Gasteiger partial charge in [0.05, 0.1) is 6.61 Å². The molecule has 0 aromatic carbocycles. The highest BCUT2D eigenvalue weighted by Gasteiger charge is 2.34. The Morgan fingerprint density at radius 3 is 1.96 bits per heavy atom. The number of carbonyl (C=O) groups is 1. The molecule has 0 N–H and O–H groups in total. The second kappa shape index (κ2) is 16.3. The predicted octanol–water partition coefficient (Wildman–Crippen LogP) is 7.20. The molecule has 5 heteroatoms. The van der Waals surface area contributed by atoms with E-state index in [0.717, 1.165) is 27.4 Å². The topological polar surface area (TPSA) is 26.3 Å². The lowest BCUT2D eigenvalue weighted by Gasteiger charge is -2.24. The fraction of sp³-hybridized carbons (Fsp3) is 0.955. The minimum absolute atomic E-state index is 0.154. The Morgan fingerprint density at radius 2 is 1.44 bits per heavy atom. The van der Waals surface area contributed by atoms with Crippen LogP contribution in [0.3, 0.4) is 0 Å². The van der Waals surface area contributed by atoms with Crippen molar-refractivity contribution in [2.24, 2.45) is 0 Å². The van der Waals surface area contributed by atoms with E-state index in [0.29, 0.717) is 6.61 Å². The molecule has 2 nitrogen and oxygen atoms in total. The lowest BCUT2D eigenvalue weighted by atomic mass is 10.0. The first-order valence-electron chi connectivity index (χ1n) is 11.0. The predicted molar refractivity (Wildman–Crippen MR) is 127 cm³/mol. The van der Waals surface area contributed by atoms with Crippen molar-refractivity contribution in [3.63, 3.8) is 0 Å². The molecule has 1 rings (SSSR count). The molecule has 1 fully saturated rings. The van der Waals surface area contributed by atoms with Gasteiger partial charge in [-0.05, 0) is 51.0 Å². The number of hydrogen-bond donors (Lipinski definition) is 0. The average Bonchev–Trinajstić information content (AvgIpc) is 3.13. The van der Waals surface area contributed by atoms with Crippen molar-refractivity contribution in [3.05, 3.63) is 0 Å². The molecule has 0 amide bonds. The summed E-state index contributed by atoms with van der Waals surface area (Å²) < 4.78 is 5.06. The molecule has 160 valence electrons. The molecule has 1 saturated heterocycles. The second-order valence-electron chi connectivity index (χ2n) is 7.73. The quantitative estimate of drug-likeness (QED) is 0.189. The maximum atomic E-state index is 10.8. The van der Waals surface area contributed by atoms with Gasteiger partial charge in [-0.15, -0.1) is 0 Å². The standard InChI is InChI=1S/C22H42O2S3/c1-5-6-7-8-9-10-13-19(25-3)21-15-16-22(27-21)20(26-4)14-11-12-17-24-18(2)23/h19-22H,5-17H2,1-4H3. The van der Waals surface area contributed by atoms with Crippen LogP contribution in [0.4, 0.5) is 0 Å². The van der Waals surface area contributed by atoms with E-state index in [-0.39, 0.29) is 5.97 Å². The third kappa shape index (κ3) is 11.3. The monoisotopic (exact) mass is 434 g/mol. The Hall–Kier alpha value is 0.520. The maximum absolute atomic E-state index is 10.8. The summed E-state index contributed by atoms with van der Waals surface area (Å²) in [6, 6.07) is 0. The summed E-state index contributed by atoms with van der Waals surface area (Å²) in [6.07, 6.45) is 20.7. The van der Waals surface area contributed by atoms with Crippen LogP contribution < -0.4 is 0 Å². The van der Waals surface area contributed by atoms with E-state index in [1.54, 1.807) is 0 Å². The molecule has 0 radical (unpaired) electrons. The fourth-order valence-corrected chi connectivity index (χ4v) is 8.29. The normalized spacial score (nSPS) is 21.9. The largest absolute Gasteiger partial charge is 0.466 e. The average molecular weight is 435 g/mol. The van der Waals surface area contributed by atoms with Crippen LogP contribution in [-0.4, -0.2) is 46.1 Å². The van der Waals surface area contributed by atoms with Crippen LogP contribution in [0.1, 0.15) is 90.9 Å². The van der Waals surface area contributed by atoms with Crippen LogP contribution in [0.5, 0.6) is 0 Å². The molecule has 1 aliphatic heterocycles. The number of ether oxygens (including phenoxy) is 1. The molecule has 27 heavy (non-hydrogen) atoms. The summed E-state index contributed by atoms with van der Waals surface area (Å²) >= 11 is 6.44. The first kappa shape index (κ1) is 25.6. The molecule has 1 aliphatic rings. The Labute approximate surface area is 181 Å². The van der Waals surface area contributed by atoms with Gasteiger partial charge in [-0.25, -0.2) is 0 Å². The zero-order chi connectivity index (χ0) is 19.9. The maximum Gasteiger partial charge on any atom is 0.302 e. The fourth-order valence-electron chi connectivity index (χ4n) is 3.94. The Kier molecular flexibility index (Phi) is 15.5. The summed E-state index contributed by atoms with van der Waals surface area (Å²) in [5, 5.41) is 3.28. The molecular formula is C22H42O2S3. The van der Waals surface area contributed by atoms with Gasteiger partial charge in [0.1, 0.15) is 0 Å². The van der Waals surface area contributed by atoms with Crippen LogP contribution in [0.2, 0.25) is 0 Å². The van der Waals surface area contributed by atoms with Crippen LogP contribution in [0, 0.1) is 0 Å². The third-order valence-electron chi connectivity index (χ3n) is 5.55. The van der Waals surface area contributed by atoms with Gasteiger partial charge in [0.25, 0.3) is 0 Å². The van der Waals surface area contributed by atoms with Gasteiger partial charge in [-0.2, -0.15) is 35.3 Å². The number of unbranched alkanes of at least 4 members (excludes halogenated alkanes) is 6. The van der Waals surface area contributed by atoms with E-state index in [4.69, 9.17) is 4.74 Å². The highest BCUT2D eigenvalue weighted by atomic mass is 32.2. The number of rotatable bonds is 16. The molecule has 4 unspecified atom stereocenters. The van der Waals surface area contributed by atoms with Crippen LogP contribution in [-0.2, 0) is 9.53 Å². The van der Waals surface area contributed by atoms with E-state index in [9.17, 15) is 4.79 Å². The SMILES string of the molecule is CCCCCCCCC(SC)C1CCC(C(CCCCOC(C)=O)SC)S1. The van der Waals surface area contributed by atoms with Gasteiger partial charge in [-0.1, -0.05) is 45.4 Å². The molecular weight excluding hydrogens is 392 g/mol. The zero-order valence-electron chi connectivity index (χ0n) is 18.0. The second-order valence-corrected chi connectivity index (χ2v) is 11.4. The van der Waals surface area contributed by atoms with Gasteiger partial charge in [0.2, 0.25) is 0 Å². The highest BCUT2D eigenvalue weighted by Crippen LogP contribution is 2.44. The van der Waals surface area contributed by atoms with Crippen molar-refractivity contribution in [2.75, 3.05) is 19.1 Å². The Morgan fingerprint density at radius 1 is 0.926 bits per heavy atom. The lowest BCUT2D eigenvalue weighted by Crippen LogP contribution is -2.20. The number of esters is 1. The van der Waals surface area contributed by atoms with E-state index in [1.165, 1.54) is 77.6 Å². The van der Waals surface area contributed by atoms with E-state index in [2.05, 4.69) is 43.0 Å². The number of carbonyl (C=O) groups excluding carboxylic acids is 1. The van der Waals surface area contributed by atoms with Gasteiger partial charge in [-0.3, -0.25) is 4.79 Å². The van der Waals surface area contributed by atoms with Crippen molar-refractivity contribution in [3.8, 4) is 0 Å². The first-order valence-corrected chi connectivity index (χ1v) is 14.5. The molecule has 0 spiro atoms. The van der Waals surface area contributed by atoms with Crippen LogP contribution in [0.25, 0.3) is 0 Å². The summed E-state index contributed by atoms with van der Waals surface area (Å²) in [5.74, 6) is -0.154. The number of hydrogen-bond acceptors (Lipinski definition) is 5. The van der Waals surface area contributed by atoms with Crippen molar-refractivity contribution in [1.29, 1.82) is 0 Å². The molecule has 0 saturated carbocycles. The smallest absolute Gasteiger partial charge is 0.302 e. The molecule has 0 aliphatic carbocycles. The Balaban J connectivity index is 2.26. The Bertz CT molecular complexity index is 379. The molecule has 0 bridgehead atoms. The highest BCUT2D eigenvalue weighted by molar-refractivity contribution is 8.05. The minimum Gasteiger partial charge on any atom is -0.466 e. The van der Waals surface area contributed by atoms with Crippen molar-refractivity contribution in [1.82, 2.24) is 0 Å². The summed E-state index contributed by atoms with van der Waals surface area (Å²) in [7, 11) is 0. The van der Waals surface area contributed by atoms with Crippen molar-refractivity contribution < 1.29 is 9.53 Å². The summed E-state index contributed by atoms with van der Waals surface area (Å²) in [5.41, 5.74) is 0. The molecule has 0 aromatic rings. The van der Waals surface area contributed by atoms with Crippen LogP contribution >= 0.6 is 35.3 Å². The van der Waals surface area contributed by atoms with Crippen LogP contribution in [0.15, 0.2) is 0 Å². The zero-order valence-corrected chi connectivity index (χ0v) is 20.5. The van der Waals surface area contributed by atoms with Gasteiger partial charge >= 0.3 is 5.97 Å². The lowest BCUT2D eigenvalue weighted by molar-refractivity contribution is -0.141. The van der Waals surface area contributed by atoms with Gasteiger partial charge in [0, 0.05) is 27.9 Å². The van der Waals surface area contributed by atoms with Crippen molar-refractivity contribution >= 4 is 41.3 Å². The third-order valence-corrected chi connectivity index (χ3v) is 10.1. The summed E-state index contributed by atoms with van der Waals surface area (Å²) in [4.78, 5) is 10.8. The van der Waals surface area contributed by atoms with E-state index >= 15 is 0 Å². The molecule has 4 atom stereocenters. The minimum atomic E-state index is -0.154. The first-order chi connectivity index (χ1) is 13.1. The van der Waals surface area contributed by atoms with Gasteiger partial charge < -0.3 is 4.74 Å². The molecule has 1 heterocycles. The summed E-state index contributed by atoms with van der Waals surface area (Å²) in [6.45, 7) is 4.37. The number of thioether (sulfide) groups is 3. The van der Waals surface area contributed by atoms with Gasteiger partial charge in [0.15, 0.2) is 0 Å². The molecule has 0 aromatic heterocycles. The van der Waals surface area contributed by atoms with E-state index < -0.39 is 0 Å². The van der Waals surface area contributed by atoms with Crippen molar-refractivity contribution in [2.45, 2.75) is 112 Å². The van der Waals surface area contributed by atoms with E-state index in [1.807, 2.05) is 11.8 Å².